The first kappa shape index (κ1) is 16.8. The van der Waals surface area contributed by atoms with Crippen LogP contribution >= 0.6 is 38.2 Å². The van der Waals surface area contributed by atoms with Crippen LogP contribution in [0.4, 0.5) is 0 Å². The monoisotopic (exact) mass is 387 g/mol. The maximum absolute atomic E-state index is 11.9. The van der Waals surface area contributed by atoms with Crippen molar-refractivity contribution >= 4 is 53.2 Å². The average molecular weight is 389 g/mol. The maximum Gasteiger partial charge on any atom is 0.262 e. The van der Waals surface area contributed by atoms with Crippen LogP contribution in [0.25, 0.3) is 0 Å². The minimum atomic E-state index is -4.01. The summed E-state index contributed by atoms with van der Waals surface area (Å²) < 4.78 is 23.2. The zero-order valence-electron chi connectivity index (χ0n) is 10.0. The van der Waals surface area contributed by atoms with Gasteiger partial charge in [-0.05, 0) is 18.6 Å². The molecule has 0 aliphatic rings. The second-order valence-corrected chi connectivity index (χ2v) is 7.64. The Labute approximate surface area is 130 Å². The van der Waals surface area contributed by atoms with Gasteiger partial charge >= 0.3 is 0 Å². The number of carbonyl (C=O) groups excluding carboxylic acids is 1. The number of carbonyl (C=O) groups is 1. The highest BCUT2D eigenvalue weighted by molar-refractivity contribution is 9.10. The number of rotatable bonds is 5. The number of halogens is 3. The molecule has 0 aliphatic heterocycles. The van der Waals surface area contributed by atoms with Gasteiger partial charge in [-0.3, -0.25) is 4.79 Å². The summed E-state index contributed by atoms with van der Waals surface area (Å²) in [6.07, 6.45) is 1.77. The second kappa shape index (κ2) is 6.92. The molecule has 1 N–H and O–H groups in total. The van der Waals surface area contributed by atoms with Crippen LogP contribution in [0.2, 0.25) is 5.02 Å². The molecular weight excluding hydrogens is 377 g/mol. The lowest BCUT2D eigenvalue weighted by Gasteiger charge is -2.09. The maximum atomic E-state index is 11.9. The van der Waals surface area contributed by atoms with Gasteiger partial charge in [0.15, 0.2) is 0 Å². The van der Waals surface area contributed by atoms with Gasteiger partial charge in [-0.25, -0.2) is 8.42 Å². The predicted molar refractivity (Wildman–Crippen MR) is 79.4 cm³/mol. The summed E-state index contributed by atoms with van der Waals surface area (Å²) in [4.78, 5) is 11.6. The molecule has 106 valence electrons. The molecule has 0 saturated carbocycles. The van der Waals surface area contributed by atoms with E-state index in [9.17, 15) is 13.2 Å². The van der Waals surface area contributed by atoms with Crippen LogP contribution < -0.4 is 5.32 Å². The first-order valence-electron chi connectivity index (χ1n) is 5.49. The SMILES string of the molecule is CCCCNC(=O)c1cc(Br)cc(S(=O)(=O)Cl)c1Cl. The molecule has 0 heterocycles. The molecule has 0 fully saturated rings. The minimum Gasteiger partial charge on any atom is -0.352 e. The Balaban J connectivity index is 3.15. The molecule has 0 aromatic heterocycles. The Morgan fingerprint density at radius 2 is 2.05 bits per heavy atom. The smallest absolute Gasteiger partial charge is 0.262 e. The Morgan fingerprint density at radius 1 is 1.42 bits per heavy atom. The zero-order chi connectivity index (χ0) is 14.6. The van der Waals surface area contributed by atoms with Crippen LogP contribution in [0.3, 0.4) is 0 Å². The fourth-order valence-corrected chi connectivity index (χ4v) is 3.57. The predicted octanol–water partition coefficient (Wildman–Crippen LogP) is 3.56. The third kappa shape index (κ3) is 4.63. The molecule has 0 saturated heterocycles. The highest BCUT2D eigenvalue weighted by atomic mass is 79.9. The van der Waals surface area contributed by atoms with Crippen molar-refractivity contribution in [3.63, 3.8) is 0 Å². The molecule has 0 aliphatic carbocycles. The van der Waals surface area contributed by atoms with Crippen molar-refractivity contribution in [2.75, 3.05) is 6.54 Å². The van der Waals surface area contributed by atoms with Gasteiger partial charge in [0, 0.05) is 21.7 Å². The van der Waals surface area contributed by atoms with Crippen molar-refractivity contribution in [2.45, 2.75) is 24.7 Å². The van der Waals surface area contributed by atoms with Crippen LogP contribution in [-0.2, 0) is 9.05 Å². The van der Waals surface area contributed by atoms with E-state index in [0.717, 1.165) is 12.8 Å². The van der Waals surface area contributed by atoms with E-state index in [-0.39, 0.29) is 15.5 Å². The lowest BCUT2D eigenvalue weighted by atomic mass is 10.2. The van der Waals surface area contributed by atoms with Gasteiger partial charge in [0.1, 0.15) is 4.90 Å². The summed E-state index contributed by atoms with van der Waals surface area (Å²) in [5.74, 6) is -0.429. The van der Waals surface area contributed by atoms with E-state index in [1.54, 1.807) is 0 Å². The molecule has 0 spiro atoms. The lowest BCUT2D eigenvalue weighted by molar-refractivity contribution is 0.0953. The van der Waals surface area contributed by atoms with E-state index in [4.69, 9.17) is 22.3 Å². The molecule has 1 aromatic carbocycles. The van der Waals surface area contributed by atoms with E-state index in [1.165, 1.54) is 12.1 Å². The second-order valence-electron chi connectivity index (χ2n) is 3.81. The van der Waals surface area contributed by atoms with Gasteiger partial charge in [0.05, 0.1) is 10.6 Å². The molecular formula is C11H12BrCl2NO3S. The fraction of sp³-hybridized carbons (Fsp3) is 0.364. The van der Waals surface area contributed by atoms with Gasteiger partial charge in [-0.15, -0.1) is 0 Å². The minimum absolute atomic E-state index is 0.0753. The number of unbranched alkanes of at least 4 members (excludes halogenated alkanes) is 1. The van der Waals surface area contributed by atoms with Crippen molar-refractivity contribution in [2.24, 2.45) is 0 Å². The Kier molecular flexibility index (Phi) is 6.11. The topological polar surface area (TPSA) is 63.2 Å². The summed E-state index contributed by atoms with van der Waals surface area (Å²) >= 11 is 9.06. The van der Waals surface area contributed by atoms with Gasteiger partial charge in [-0.1, -0.05) is 40.9 Å². The molecule has 0 unspecified atom stereocenters. The summed E-state index contributed by atoms with van der Waals surface area (Å²) in [6.45, 7) is 2.50. The van der Waals surface area contributed by atoms with Gasteiger partial charge < -0.3 is 5.32 Å². The highest BCUT2D eigenvalue weighted by Crippen LogP contribution is 2.31. The van der Waals surface area contributed by atoms with E-state index in [2.05, 4.69) is 21.2 Å². The Morgan fingerprint density at radius 3 is 2.58 bits per heavy atom. The van der Waals surface area contributed by atoms with Gasteiger partial charge in [0.25, 0.3) is 15.0 Å². The summed E-state index contributed by atoms with van der Waals surface area (Å²) in [7, 11) is 1.27. The first-order chi connectivity index (χ1) is 8.77. The molecule has 1 amide bonds. The third-order valence-corrected chi connectivity index (χ3v) is 4.65. The highest BCUT2D eigenvalue weighted by Gasteiger charge is 2.21. The molecule has 1 aromatic rings. The van der Waals surface area contributed by atoms with E-state index >= 15 is 0 Å². The van der Waals surface area contributed by atoms with Crippen LogP contribution in [0.5, 0.6) is 0 Å². The number of hydrogen-bond donors (Lipinski definition) is 1. The summed E-state index contributed by atoms with van der Waals surface area (Å²) in [5, 5.41) is 2.49. The van der Waals surface area contributed by atoms with Crippen molar-refractivity contribution < 1.29 is 13.2 Å². The van der Waals surface area contributed by atoms with Crippen LogP contribution in [0.1, 0.15) is 30.1 Å². The summed E-state index contributed by atoms with van der Waals surface area (Å²) in [6, 6.07) is 2.71. The van der Waals surface area contributed by atoms with Crippen molar-refractivity contribution in [3.05, 3.63) is 27.2 Å². The molecule has 19 heavy (non-hydrogen) atoms. The molecule has 8 heteroatoms. The number of nitrogens with one attached hydrogen (secondary N) is 1. The first-order valence-corrected chi connectivity index (χ1v) is 8.97. The largest absolute Gasteiger partial charge is 0.352 e. The van der Waals surface area contributed by atoms with Crippen LogP contribution in [-0.4, -0.2) is 20.9 Å². The molecule has 0 bridgehead atoms. The van der Waals surface area contributed by atoms with E-state index in [0.29, 0.717) is 11.0 Å². The Bertz CT molecular complexity index is 590. The quantitative estimate of drug-likeness (QED) is 0.619. The normalized spacial score (nSPS) is 11.4. The van der Waals surface area contributed by atoms with Crippen molar-refractivity contribution in [3.8, 4) is 0 Å². The van der Waals surface area contributed by atoms with E-state index in [1.807, 2.05) is 6.92 Å². The van der Waals surface area contributed by atoms with Gasteiger partial charge in [-0.2, -0.15) is 0 Å². The number of hydrogen-bond acceptors (Lipinski definition) is 3. The van der Waals surface area contributed by atoms with Crippen LogP contribution in [0, 0.1) is 0 Å². The zero-order valence-corrected chi connectivity index (χ0v) is 14.0. The van der Waals surface area contributed by atoms with Crippen LogP contribution in [0.15, 0.2) is 21.5 Å². The third-order valence-electron chi connectivity index (χ3n) is 2.33. The summed E-state index contributed by atoms with van der Waals surface area (Å²) in [5.41, 5.74) is 0.0753. The van der Waals surface area contributed by atoms with Gasteiger partial charge in [0.2, 0.25) is 0 Å². The van der Waals surface area contributed by atoms with Crippen molar-refractivity contribution in [1.29, 1.82) is 0 Å². The average Bonchev–Trinajstić information content (AvgIpc) is 2.30. The van der Waals surface area contributed by atoms with E-state index < -0.39 is 15.0 Å². The molecule has 0 atom stereocenters. The number of benzene rings is 1. The lowest BCUT2D eigenvalue weighted by Crippen LogP contribution is -2.25. The standard InChI is InChI=1S/C11H12BrCl2NO3S/c1-2-3-4-15-11(16)8-5-7(12)6-9(10(8)13)19(14,17)18/h5-6H,2-4H2,1H3,(H,15,16). The fourth-order valence-electron chi connectivity index (χ4n) is 1.38. The molecule has 0 radical (unpaired) electrons. The Hall–Kier alpha value is -0.300. The molecule has 1 rings (SSSR count). The molecule has 4 nitrogen and oxygen atoms in total. The van der Waals surface area contributed by atoms with Crippen molar-refractivity contribution in [1.82, 2.24) is 5.32 Å². The number of amides is 1.